The Balaban J connectivity index is 1.86. The fraction of sp³-hybridized carbons (Fsp3) is 0.571. The smallest absolute Gasteiger partial charge is 0.123 e. The van der Waals surface area contributed by atoms with Gasteiger partial charge in [0.25, 0.3) is 0 Å². The third-order valence-corrected chi connectivity index (χ3v) is 3.65. The number of phenolic OH excluding ortho intramolecular Hbond substituents is 1. The van der Waals surface area contributed by atoms with Gasteiger partial charge in [0.15, 0.2) is 0 Å². The molecule has 1 aromatic carbocycles. The van der Waals surface area contributed by atoms with Gasteiger partial charge < -0.3 is 20.9 Å². The van der Waals surface area contributed by atoms with Crippen LogP contribution in [0.15, 0.2) is 18.2 Å². The van der Waals surface area contributed by atoms with Gasteiger partial charge in [0.2, 0.25) is 0 Å². The first kappa shape index (κ1) is 13.2. The molecule has 1 aliphatic carbocycles. The van der Waals surface area contributed by atoms with E-state index in [1.54, 1.807) is 13.2 Å². The molecule has 0 radical (unpaired) electrons. The van der Waals surface area contributed by atoms with Crippen LogP contribution in [0.3, 0.4) is 0 Å². The van der Waals surface area contributed by atoms with E-state index in [1.807, 2.05) is 12.1 Å². The van der Waals surface area contributed by atoms with Gasteiger partial charge in [-0.05, 0) is 31.7 Å². The Morgan fingerprint density at radius 2 is 2.06 bits per heavy atom. The number of nitrogens with one attached hydrogen (secondary N) is 1. The van der Waals surface area contributed by atoms with Gasteiger partial charge in [-0.3, -0.25) is 0 Å². The number of hydrogen-bond acceptors (Lipinski definition) is 4. The number of nitrogens with two attached hydrogens (primary N) is 1. The molecule has 0 saturated heterocycles. The molecule has 0 atom stereocenters. The summed E-state index contributed by atoms with van der Waals surface area (Å²) in [6, 6.07) is 6.31. The second-order valence-electron chi connectivity index (χ2n) is 4.99. The van der Waals surface area contributed by atoms with Gasteiger partial charge >= 0.3 is 0 Å². The number of rotatable bonds is 4. The van der Waals surface area contributed by atoms with Gasteiger partial charge in [0, 0.05) is 30.3 Å². The largest absolute Gasteiger partial charge is 0.507 e. The number of hydrogen-bond donors (Lipinski definition) is 3. The van der Waals surface area contributed by atoms with E-state index in [1.165, 1.54) is 0 Å². The van der Waals surface area contributed by atoms with E-state index < -0.39 is 0 Å². The Morgan fingerprint density at radius 1 is 1.33 bits per heavy atom. The van der Waals surface area contributed by atoms with Gasteiger partial charge in [-0.15, -0.1) is 0 Å². The summed E-state index contributed by atoms with van der Waals surface area (Å²) in [6.07, 6.45) is 4.43. The molecule has 1 aliphatic rings. The van der Waals surface area contributed by atoms with Crippen molar-refractivity contribution in [3.8, 4) is 11.5 Å². The minimum atomic E-state index is 0.286. The summed E-state index contributed by atoms with van der Waals surface area (Å²) in [5.74, 6) is 0.967. The minimum absolute atomic E-state index is 0.286. The van der Waals surface area contributed by atoms with Gasteiger partial charge in [-0.1, -0.05) is 6.07 Å². The molecule has 4 nitrogen and oxygen atoms in total. The molecule has 0 aromatic heterocycles. The van der Waals surface area contributed by atoms with E-state index in [2.05, 4.69) is 5.32 Å². The molecule has 0 bridgehead atoms. The highest BCUT2D eigenvalue weighted by atomic mass is 16.5. The van der Waals surface area contributed by atoms with Crippen LogP contribution in [0.5, 0.6) is 11.5 Å². The summed E-state index contributed by atoms with van der Waals surface area (Å²) in [4.78, 5) is 0. The summed E-state index contributed by atoms with van der Waals surface area (Å²) in [5, 5.41) is 13.3. The first-order chi connectivity index (χ1) is 8.69. The van der Waals surface area contributed by atoms with Crippen LogP contribution in [0.2, 0.25) is 0 Å². The Kier molecular flexibility index (Phi) is 4.44. The van der Waals surface area contributed by atoms with Crippen molar-refractivity contribution in [2.75, 3.05) is 7.11 Å². The van der Waals surface area contributed by atoms with E-state index in [9.17, 15) is 5.11 Å². The molecule has 100 valence electrons. The van der Waals surface area contributed by atoms with Crippen LogP contribution >= 0.6 is 0 Å². The number of benzene rings is 1. The normalized spacial score (nSPS) is 23.9. The first-order valence-electron chi connectivity index (χ1n) is 6.54. The maximum absolute atomic E-state index is 9.85. The predicted octanol–water partition coefficient (Wildman–Crippen LogP) is 1.76. The second-order valence-corrected chi connectivity index (χ2v) is 4.99. The molecule has 1 fully saturated rings. The molecule has 0 unspecified atom stereocenters. The van der Waals surface area contributed by atoms with Gasteiger partial charge in [0.1, 0.15) is 11.5 Å². The summed E-state index contributed by atoms with van der Waals surface area (Å²) in [6.45, 7) is 0.690. The predicted molar refractivity (Wildman–Crippen MR) is 71.7 cm³/mol. The van der Waals surface area contributed by atoms with Crippen molar-refractivity contribution in [2.24, 2.45) is 5.73 Å². The lowest BCUT2D eigenvalue weighted by molar-refractivity contribution is 0.339. The van der Waals surface area contributed by atoms with Crippen molar-refractivity contribution in [3.05, 3.63) is 23.8 Å². The zero-order valence-corrected chi connectivity index (χ0v) is 10.9. The molecule has 0 spiro atoms. The third-order valence-electron chi connectivity index (χ3n) is 3.65. The Labute approximate surface area is 108 Å². The van der Waals surface area contributed by atoms with E-state index in [-0.39, 0.29) is 5.75 Å². The van der Waals surface area contributed by atoms with Crippen LogP contribution in [0.25, 0.3) is 0 Å². The zero-order valence-electron chi connectivity index (χ0n) is 10.9. The SMILES string of the molecule is COc1ccc(CNC2CCC(N)CC2)c(O)c1. The maximum Gasteiger partial charge on any atom is 0.123 e. The van der Waals surface area contributed by atoms with Crippen molar-refractivity contribution in [1.82, 2.24) is 5.32 Å². The molecular formula is C14H22N2O2. The molecule has 1 aromatic rings. The third kappa shape index (κ3) is 3.37. The number of aromatic hydroxyl groups is 1. The van der Waals surface area contributed by atoms with Crippen LogP contribution in [-0.4, -0.2) is 24.3 Å². The van der Waals surface area contributed by atoms with E-state index in [0.717, 1.165) is 31.2 Å². The van der Waals surface area contributed by atoms with Gasteiger partial charge in [-0.25, -0.2) is 0 Å². The fourth-order valence-electron chi connectivity index (χ4n) is 2.40. The summed E-state index contributed by atoms with van der Waals surface area (Å²) < 4.78 is 5.06. The summed E-state index contributed by atoms with van der Waals surface area (Å²) in [7, 11) is 1.60. The number of methoxy groups -OCH3 is 1. The second kappa shape index (κ2) is 6.07. The molecule has 0 aliphatic heterocycles. The quantitative estimate of drug-likeness (QED) is 0.761. The topological polar surface area (TPSA) is 67.5 Å². The van der Waals surface area contributed by atoms with Crippen molar-refractivity contribution >= 4 is 0 Å². The van der Waals surface area contributed by atoms with Crippen LogP contribution in [0.4, 0.5) is 0 Å². The van der Waals surface area contributed by atoms with E-state index in [4.69, 9.17) is 10.5 Å². The highest BCUT2D eigenvalue weighted by molar-refractivity contribution is 5.39. The van der Waals surface area contributed by atoms with Crippen molar-refractivity contribution < 1.29 is 9.84 Å². The van der Waals surface area contributed by atoms with Gasteiger partial charge in [0.05, 0.1) is 7.11 Å². The standard InChI is InChI=1S/C14H22N2O2/c1-18-13-7-2-10(14(17)8-13)9-16-12-5-3-11(15)4-6-12/h2,7-8,11-12,16-17H,3-6,9,15H2,1H3. The molecule has 18 heavy (non-hydrogen) atoms. The minimum Gasteiger partial charge on any atom is -0.507 e. The summed E-state index contributed by atoms with van der Waals surface area (Å²) in [5.41, 5.74) is 6.79. The lowest BCUT2D eigenvalue weighted by Crippen LogP contribution is -2.37. The molecule has 4 heteroatoms. The van der Waals surface area contributed by atoms with E-state index >= 15 is 0 Å². The average molecular weight is 250 g/mol. The van der Waals surface area contributed by atoms with Crippen LogP contribution in [0.1, 0.15) is 31.2 Å². The Hall–Kier alpha value is -1.26. The molecule has 0 amide bonds. The summed E-state index contributed by atoms with van der Waals surface area (Å²) >= 11 is 0. The maximum atomic E-state index is 9.85. The highest BCUT2D eigenvalue weighted by Gasteiger charge is 2.18. The molecule has 2 rings (SSSR count). The van der Waals surface area contributed by atoms with Gasteiger partial charge in [-0.2, -0.15) is 0 Å². The molecular weight excluding hydrogens is 228 g/mol. The van der Waals surface area contributed by atoms with Crippen LogP contribution in [-0.2, 0) is 6.54 Å². The van der Waals surface area contributed by atoms with E-state index in [0.29, 0.717) is 24.4 Å². The van der Waals surface area contributed by atoms with Crippen LogP contribution < -0.4 is 15.8 Å². The average Bonchev–Trinajstić information content (AvgIpc) is 2.39. The molecule has 4 N–H and O–H groups in total. The zero-order chi connectivity index (χ0) is 13.0. The number of phenols is 1. The highest BCUT2D eigenvalue weighted by Crippen LogP contribution is 2.24. The number of ether oxygens (including phenoxy) is 1. The van der Waals surface area contributed by atoms with Crippen molar-refractivity contribution in [2.45, 2.75) is 44.3 Å². The van der Waals surface area contributed by atoms with Crippen molar-refractivity contribution in [1.29, 1.82) is 0 Å². The Morgan fingerprint density at radius 3 is 2.67 bits per heavy atom. The molecule has 1 saturated carbocycles. The first-order valence-corrected chi connectivity index (χ1v) is 6.54. The lowest BCUT2D eigenvalue weighted by Gasteiger charge is -2.27. The fourth-order valence-corrected chi connectivity index (χ4v) is 2.40. The monoisotopic (exact) mass is 250 g/mol. The van der Waals surface area contributed by atoms with Crippen LogP contribution in [0, 0.1) is 0 Å². The lowest BCUT2D eigenvalue weighted by atomic mass is 9.92. The molecule has 0 heterocycles. The van der Waals surface area contributed by atoms with Crippen molar-refractivity contribution in [3.63, 3.8) is 0 Å². The Bertz CT molecular complexity index is 387.